The van der Waals surface area contributed by atoms with Crippen LogP contribution in [-0.4, -0.2) is 35.0 Å². The molecule has 0 saturated carbocycles. The monoisotopic (exact) mass is 817 g/mol. The zero-order valence-corrected chi connectivity index (χ0v) is 38.5. The fourth-order valence-electron chi connectivity index (χ4n) is 8.04. The van der Waals surface area contributed by atoms with Crippen LogP contribution < -0.4 is 10.2 Å². The van der Waals surface area contributed by atoms with Gasteiger partial charge in [-0.05, 0) is 72.7 Å². The first-order valence-corrected chi connectivity index (χ1v) is 26.6. The molecule has 0 aliphatic rings. The molecule has 1 aromatic carbocycles. The number of carbonyl (C=O) groups excluding carboxylic acids is 2. The molecule has 0 bridgehead atoms. The van der Waals surface area contributed by atoms with Gasteiger partial charge in [-0.1, -0.05) is 219 Å². The van der Waals surface area contributed by atoms with Crippen LogP contribution in [0.1, 0.15) is 264 Å². The van der Waals surface area contributed by atoms with E-state index in [0.717, 1.165) is 42.1 Å². The van der Waals surface area contributed by atoms with Crippen molar-refractivity contribution in [3.8, 4) is 0 Å². The smallest absolute Gasteiger partial charge is 0.0724 e. The molecule has 0 aromatic heterocycles. The lowest BCUT2D eigenvalue weighted by molar-refractivity contribution is -0.259. The minimum absolute atomic E-state index is 0.161. The Morgan fingerprint density at radius 3 is 1.02 bits per heavy atom. The fourth-order valence-corrected chi connectivity index (χ4v) is 9.96. The molecule has 4 nitrogen and oxygen atoms in total. The first kappa shape index (κ1) is 52.9. The van der Waals surface area contributed by atoms with Crippen LogP contribution in [0.25, 0.3) is 0 Å². The second-order valence-electron chi connectivity index (χ2n) is 16.7. The highest BCUT2D eigenvalue weighted by Crippen LogP contribution is 2.25. The maximum Gasteiger partial charge on any atom is 0.0724 e. The van der Waals surface area contributed by atoms with Gasteiger partial charge >= 0.3 is 0 Å². The first-order chi connectivity index (χ1) is 27.5. The van der Waals surface area contributed by atoms with Crippen LogP contribution in [0.5, 0.6) is 0 Å². The lowest BCUT2D eigenvalue weighted by atomic mass is 9.91. The van der Waals surface area contributed by atoms with Gasteiger partial charge in [0, 0.05) is 11.1 Å². The second kappa shape index (κ2) is 40.6. The summed E-state index contributed by atoms with van der Waals surface area (Å²) in [5.41, 5.74) is 1.20. The van der Waals surface area contributed by atoms with Gasteiger partial charge in [-0.3, -0.25) is 0 Å². The van der Waals surface area contributed by atoms with Crippen LogP contribution in [0.2, 0.25) is 0 Å². The topological polar surface area (TPSA) is 80.3 Å². The number of hydrogen-bond donors (Lipinski definition) is 0. The Morgan fingerprint density at radius 1 is 0.393 bits per heavy atom. The van der Waals surface area contributed by atoms with Crippen LogP contribution in [0.4, 0.5) is 0 Å². The van der Waals surface area contributed by atoms with E-state index in [1.165, 1.54) is 217 Å². The van der Waals surface area contributed by atoms with Crippen LogP contribution in [0.15, 0.2) is 12.1 Å². The molecule has 0 heterocycles. The average Bonchev–Trinajstić information content (AvgIpc) is 3.19. The zero-order valence-electron chi connectivity index (χ0n) is 36.9. The summed E-state index contributed by atoms with van der Waals surface area (Å²) in [6.07, 6.45) is 47.4. The summed E-state index contributed by atoms with van der Waals surface area (Å²) in [4.78, 5) is 23.9. The van der Waals surface area contributed by atoms with Crippen molar-refractivity contribution in [1.82, 2.24) is 0 Å². The molecular weight excluding hydrogens is 729 g/mol. The summed E-state index contributed by atoms with van der Waals surface area (Å²) in [6, 6.07) is 3.23. The number of thioether (sulfide) groups is 2. The summed E-state index contributed by atoms with van der Waals surface area (Å²) in [5, 5.41) is 23.9. The van der Waals surface area contributed by atoms with Gasteiger partial charge in [0.2, 0.25) is 0 Å². The van der Waals surface area contributed by atoms with Crippen molar-refractivity contribution in [3.05, 3.63) is 34.4 Å². The summed E-state index contributed by atoms with van der Waals surface area (Å²) in [5.74, 6) is 1.46. The molecule has 6 heteroatoms. The van der Waals surface area contributed by atoms with Crippen LogP contribution in [-0.2, 0) is 12.8 Å². The van der Waals surface area contributed by atoms with Crippen LogP contribution in [0, 0.1) is 0 Å². The number of rotatable bonds is 44. The van der Waals surface area contributed by atoms with Crippen molar-refractivity contribution in [2.24, 2.45) is 0 Å². The molecule has 0 atom stereocenters. The number of hydrogen-bond acceptors (Lipinski definition) is 6. The molecule has 0 fully saturated rings. The van der Waals surface area contributed by atoms with E-state index < -0.39 is 11.9 Å². The van der Waals surface area contributed by atoms with E-state index in [-0.39, 0.29) is 11.1 Å². The van der Waals surface area contributed by atoms with Crippen LogP contribution in [0.3, 0.4) is 0 Å². The van der Waals surface area contributed by atoms with Crippen molar-refractivity contribution < 1.29 is 19.8 Å². The van der Waals surface area contributed by atoms with E-state index in [2.05, 4.69) is 13.8 Å². The Hall–Kier alpha value is -1.14. The lowest BCUT2D eigenvalue weighted by Crippen LogP contribution is -2.31. The zero-order chi connectivity index (χ0) is 40.6. The Morgan fingerprint density at radius 2 is 0.696 bits per heavy atom. The molecule has 0 saturated heterocycles. The maximum absolute atomic E-state index is 12.2. The van der Waals surface area contributed by atoms with E-state index in [9.17, 15) is 19.8 Å². The number of carboxylic acids is 2. The van der Waals surface area contributed by atoms with Gasteiger partial charge in [-0.25, -0.2) is 0 Å². The molecule has 56 heavy (non-hydrogen) atoms. The van der Waals surface area contributed by atoms with Gasteiger partial charge in [0.15, 0.2) is 0 Å². The predicted octanol–water partition coefficient (Wildman–Crippen LogP) is 14.3. The summed E-state index contributed by atoms with van der Waals surface area (Å²) >= 11 is 3.93. The third kappa shape index (κ3) is 30.9. The molecule has 0 aliphatic carbocycles. The molecule has 326 valence electrons. The van der Waals surface area contributed by atoms with Crippen LogP contribution >= 0.6 is 23.5 Å². The molecule has 0 amide bonds. The standard InChI is InChI=1S/C50H90O4S2/c1-3-5-7-9-11-13-15-17-19-21-23-25-27-29-31-33-41-55-43-35-37-45-39-40-47(49(51)52)48(50(53)54)46(45)38-36-44-56-42-34-32-30-28-26-24-22-20-18-16-14-12-10-8-6-4-2/h39-40H,3-38,41-44H2,1-2H3,(H,51,52)(H,53,54)/p-2. The van der Waals surface area contributed by atoms with Gasteiger partial charge < -0.3 is 19.8 Å². The highest BCUT2D eigenvalue weighted by atomic mass is 32.2. The van der Waals surface area contributed by atoms with Crippen molar-refractivity contribution in [2.75, 3.05) is 23.0 Å². The quantitative estimate of drug-likeness (QED) is 0.0610. The average molecular weight is 817 g/mol. The number of carbonyl (C=O) groups is 2. The largest absolute Gasteiger partial charge is 0.545 e. The molecule has 0 unspecified atom stereocenters. The first-order valence-electron chi connectivity index (χ1n) is 24.3. The molecular formula is C50H88O4S2-2. The van der Waals surface area contributed by atoms with E-state index in [4.69, 9.17) is 0 Å². The maximum atomic E-state index is 12.2. The molecule has 0 N–H and O–H groups in total. The molecule has 1 rings (SSSR count). The summed E-state index contributed by atoms with van der Waals surface area (Å²) in [7, 11) is 0. The summed E-state index contributed by atoms with van der Waals surface area (Å²) in [6.45, 7) is 4.57. The lowest BCUT2D eigenvalue weighted by Gasteiger charge is -2.20. The third-order valence-electron chi connectivity index (χ3n) is 11.6. The minimum Gasteiger partial charge on any atom is -0.545 e. The van der Waals surface area contributed by atoms with Crippen molar-refractivity contribution >= 4 is 35.5 Å². The van der Waals surface area contributed by atoms with Gasteiger partial charge in [0.25, 0.3) is 0 Å². The van der Waals surface area contributed by atoms with Crippen molar-refractivity contribution in [2.45, 2.75) is 245 Å². The van der Waals surface area contributed by atoms with Gasteiger partial charge in [-0.15, -0.1) is 0 Å². The Labute approximate surface area is 356 Å². The second-order valence-corrected chi connectivity index (χ2v) is 19.2. The van der Waals surface area contributed by atoms with E-state index in [0.29, 0.717) is 12.0 Å². The Kier molecular flexibility index (Phi) is 38.4. The van der Waals surface area contributed by atoms with E-state index in [1.54, 1.807) is 0 Å². The number of carboxylic acid groups (broad SMARTS) is 2. The number of unbranched alkanes of at least 4 members (excludes halogenated alkanes) is 30. The molecule has 0 radical (unpaired) electrons. The highest BCUT2D eigenvalue weighted by molar-refractivity contribution is 7.99. The van der Waals surface area contributed by atoms with Gasteiger partial charge in [-0.2, -0.15) is 23.5 Å². The van der Waals surface area contributed by atoms with Crippen molar-refractivity contribution in [1.29, 1.82) is 0 Å². The fraction of sp³-hybridized carbons (Fsp3) is 0.840. The number of aryl methyl sites for hydroxylation is 1. The molecule has 1 aromatic rings. The van der Waals surface area contributed by atoms with Crippen molar-refractivity contribution in [3.63, 3.8) is 0 Å². The Bertz CT molecular complexity index is 1040. The number of benzene rings is 1. The SMILES string of the molecule is CCCCCCCCCCCCCCCCCCSCCCc1ccc(C(=O)[O-])c(C(=O)[O-])c1CCCSCCCCCCCCCCCCCCCCCC. The molecule has 0 spiro atoms. The predicted molar refractivity (Wildman–Crippen MR) is 245 cm³/mol. The number of aromatic carboxylic acids is 2. The third-order valence-corrected chi connectivity index (χ3v) is 13.9. The normalized spacial score (nSPS) is 11.5. The van der Waals surface area contributed by atoms with E-state index >= 15 is 0 Å². The van der Waals surface area contributed by atoms with Gasteiger partial charge in [0.1, 0.15) is 0 Å². The van der Waals surface area contributed by atoms with E-state index in [1.807, 2.05) is 29.6 Å². The Balaban J connectivity index is 2.15. The summed E-state index contributed by atoms with van der Waals surface area (Å²) < 4.78 is 0. The highest BCUT2D eigenvalue weighted by Gasteiger charge is 2.15. The van der Waals surface area contributed by atoms with Gasteiger partial charge in [0.05, 0.1) is 11.9 Å². The molecule has 0 aliphatic heterocycles. The minimum atomic E-state index is -1.44.